The summed E-state index contributed by atoms with van der Waals surface area (Å²) in [5.41, 5.74) is 7.45. The molecule has 0 fully saturated rings. The number of pyridine rings is 1. The number of carbonyl (C=O) groups excluding carboxylic acids is 2. The van der Waals surface area contributed by atoms with Crippen LogP contribution in [0.2, 0.25) is 0 Å². The van der Waals surface area contributed by atoms with Gasteiger partial charge in [0.1, 0.15) is 17.2 Å². The van der Waals surface area contributed by atoms with Crippen molar-refractivity contribution in [2.75, 3.05) is 5.32 Å². The molecule has 2 amide bonds. The molecule has 0 aliphatic carbocycles. The number of nitrogens with one attached hydrogen (secondary N) is 2. The molecule has 0 radical (unpaired) electrons. The summed E-state index contributed by atoms with van der Waals surface area (Å²) in [6.07, 6.45) is 1.34. The smallest absolute Gasteiger partial charge is 0.259 e. The van der Waals surface area contributed by atoms with Crippen LogP contribution in [0, 0.1) is 6.92 Å². The van der Waals surface area contributed by atoms with Crippen molar-refractivity contribution in [3.05, 3.63) is 53.9 Å². The molecular formula is C18H17N5O3. The van der Waals surface area contributed by atoms with Crippen molar-refractivity contribution in [3.8, 4) is 0 Å². The molecule has 2 heterocycles. The maximum absolute atomic E-state index is 12.2. The van der Waals surface area contributed by atoms with Crippen molar-refractivity contribution in [2.24, 2.45) is 10.7 Å². The predicted molar refractivity (Wildman–Crippen MR) is 98.2 cm³/mol. The Labute approximate surface area is 149 Å². The highest BCUT2D eigenvalue weighted by atomic mass is 16.3. The quantitative estimate of drug-likeness (QED) is 0.494. The lowest BCUT2D eigenvalue weighted by Gasteiger charge is -2.05. The van der Waals surface area contributed by atoms with Crippen LogP contribution in [0.1, 0.15) is 23.0 Å². The Bertz CT molecular complexity index is 1010. The number of carbonyl (C=O) groups is 2. The summed E-state index contributed by atoms with van der Waals surface area (Å²) in [7, 11) is 0. The normalized spacial score (nSPS) is 11.4. The van der Waals surface area contributed by atoms with Crippen molar-refractivity contribution >= 4 is 40.2 Å². The van der Waals surface area contributed by atoms with Gasteiger partial charge >= 0.3 is 0 Å². The maximum atomic E-state index is 12.2. The van der Waals surface area contributed by atoms with E-state index in [1.54, 1.807) is 12.1 Å². The average molecular weight is 351 g/mol. The standard InChI is InChI=1S/C18H17N5O3/c1-10-7-13-8-14(4-5-15(13)26-10)22-18(19)23-17(25)12-3-6-16(20-9-12)21-11(2)24/h3-9H,1-2H3,(H,20,21,24)(H3,19,22,23,25). The largest absolute Gasteiger partial charge is 0.461 e. The molecule has 0 aliphatic heterocycles. The third kappa shape index (κ3) is 4.04. The fraction of sp³-hybridized carbons (Fsp3) is 0.111. The van der Waals surface area contributed by atoms with Crippen LogP contribution in [0.4, 0.5) is 11.5 Å². The fourth-order valence-electron chi connectivity index (χ4n) is 2.37. The van der Waals surface area contributed by atoms with Crippen LogP contribution < -0.4 is 16.4 Å². The molecule has 0 aliphatic rings. The topological polar surface area (TPSA) is 123 Å². The highest BCUT2D eigenvalue weighted by Crippen LogP contribution is 2.24. The summed E-state index contributed by atoms with van der Waals surface area (Å²) >= 11 is 0. The number of guanidine groups is 1. The van der Waals surface area contributed by atoms with Gasteiger partial charge in [0.25, 0.3) is 5.91 Å². The van der Waals surface area contributed by atoms with Crippen LogP contribution in [-0.4, -0.2) is 22.8 Å². The molecule has 1 aromatic carbocycles. The minimum absolute atomic E-state index is 0.0412. The summed E-state index contributed by atoms with van der Waals surface area (Å²) in [5.74, 6) is 0.432. The van der Waals surface area contributed by atoms with Crippen LogP contribution in [0.5, 0.6) is 0 Å². The van der Waals surface area contributed by atoms with E-state index in [1.807, 2.05) is 19.1 Å². The van der Waals surface area contributed by atoms with E-state index in [9.17, 15) is 9.59 Å². The van der Waals surface area contributed by atoms with Gasteiger partial charge < -0.3 is 15.5 Å². The van der Waals surface area contributed by atoms with Crippen LogP contribution in [0.15, 0.2) is 52.0 Å². The number of aromatic nitrogens is 1. The Morgan fingerprint density at radius 2 is 2.00 bits per heavy atom. The molecule has 8 nitrogen and oxygen atoms in total. The van der Waals surface area contributed by atoms with Gasteiger partial charge in [0, 0.05) is 18.5 Å². The number of amides is 2. The van der Waals surface area contributed by atoms with E-state index >= 15 is 0 Å². The Morgan fingerprint density at radius 3 is 2.69 bits per heavy atom. The monoisotopic (exact) mass is 351 g/mol. The summed E-state index contributed by atoms with van der Waals surface area (Å²) in [6, 6.07) is 10.3. The molecule has 2 aromatic heterocycles. The summed E-state index contributed by atoms with van der Waals surface area (Å²) in [5, 5.41) is 5.92. The lowest BCUT2D eigenvalue weighted by atomic mass is 10.2. The van der Waals surface area contributed by atoms with Crippen LogP contribution >= 0.6 is 0 Å². The van der Waals surface area contributed by atoms with Gasteiger partial charge in [0.2, 0.25) is 11.9 Å². The minimum atomic E-state index is -0.451. The minimum Gasteiger partial charge on any atom is -0.461 e. The zero-order chi connectivity index (χ0) is 18.7. The Hall–Kier alpha value is -3.68. The Balaban J connectivity index is 1.70. The fourth-order valence-corrected chi connectivity index (χ4v) is 2.37. The molecule has 0 saturated heterocycles. The molecule has 26 heavy (non-hydrogen) atoms. The first kappa shape index (κ1) is 17.2. The lowest BCUT2D eigenvalue weighted by Crippen LogP contribution is -2.36. The predicted octanol–water partition coefficient (Wildman–Crippen LogP) is 2.47. The number of benzene rings is 1. The zero-order valence-electron chi connectivity index (χ0n) is 14.2. The molecule has 132 valence electrons. The van der Waals surface area contributed by atoms with E-state index in [0.717, 1.165) is 16.7 Å². The van der Waals surface area contributed by atoms with Crippen molar-refractivity contribution in [2.45, 2.75) is 13.8 Å². The molecule has 3 rings (SSSR count). The lowest BCUT2D eigenvalue weighted by molar-refractivity contribution is -0.114. The van der Waals surface area contributed by atoms with Crippen LogP contribution in [0.3, 0.4) is 0 Å². The SMILES string of the molecule is CC(=O)Nc1ccc(C(=O)NC(N)=Nc2ccc3oc(C)cc3c2)cn1. The van der Waals surface area contributed by atoms with Gasteiger partial charge in [0.15, 0.2) is 0 Å². The average Bonchev–Trinajstić information content (AvgIpc) is 2.94. The molecule has 4 N–H and O–H groups in total. The number of nitrogens with zero attached hydrogens (tertiary/aromatic N) is 2. The van der Waals surface area contributed by atoms with Gasteiger partial charge in [-0.2, -0.15) is 0 Å². The molecule has 8 heteroatoms. The third-order valence-electron chi connectivity index (χ3n) is 3.44. The van der Waals surface area contributed by atoms with Gasteiger partial charge in [0.05, 0.1) is 11.3 Å². The first-order valence-corrected chi connectivity index (χ1v) is 7.80. The van der Waals surface area contributed by atoms with Crippen LogP contribution in [0.25, 0.3) is 11.0 Å². The van der Waals surface area contributed by atoms with E-state index in [0.29, 0.717) is 11.5 Å². The number of hydrogen-bond donors (Lipinski definition) is 3. The van der Waals surface area contributed by atoms with Gasteiger partial charge in [-0.25, -0.2) is 9.98 Å². The maximum Gasteiger partial charge on any atom is 0.259 e. The van der Waals surface area contributed by atoms with Gasteiger partial charge in [-0.1, -0.05) is 0 Å². The number of aryl methyl sites for hydroxylation is 1. The number of furan rings is 1. The molecule has 0 atom stereocenters. The zero-order valence-corrected chi connectivity index (χ0v) is 14.2. The van der Waals surface area contributed by atoms with Crippen LogP contribution in [-0.2, 0) is 4.79 Å². The van der Waals surface area contributed by atoms with E-state index in [2.05, 4.69) is 20.6 Å². The molecular weight excluding hydrogens is 334 g/mol. The second-order valence-corrected chi connectivity index (χ2v) is 5.64. The van der Waals surface area contributed by atoms with E-state index in [1.165, 1.54) is 25.3 Å². The van der Waals surface area contributed by atoms with E-state index in [-0.39, 0.29) is 17.4 Å². The first-order valence-electron chi connectivity index (χ1n) is 7.80. The number of nitrogens with two attached hydrogens (primary N) is 1. The molecule has 0 unspecified atom stereocenters. The van der Waals surface area contributed by atoms with Gasteiger partial charge in [-0.15, -0.1) is 0 Å². The molecule has 3 aromatic rings. The molecule has 0 spiro atoms. The van der Waals surface area contributed by atoms with E-state index < -0.39 is 5.91 Å². The summed E-state index contributed by atoms with van der Waals surface area (Å²) < 4.78 is 5.50. The summed E-state index contributed by atoms with van der Waals surface area (Å²) in [4.78, 5) is 31.3. The third-order valence-corrected chi connectivity index (χ3v) is 3.44. The Kier molecular flexibility index (Phi) is 4.66. The molecule has 0 saturated carbocycles. The van der Waals surface area contributed by atoms with Crippen molar-refractivity contribution in [1.29, 1.82) is 0 Å². The number of anilines is 1. The molecule has 0 bridgehead atoms. The van der Waals surface area contributed by atoms with Gasteiger partial charge in [-0.05, 0) is 43.3 Å². The number of fused-ring (bicyclic) bond motifs is 1. The van der Waals surface area contributed by atoms with Crippen molar-refractivity contribution < 1.29 is 14.0 Å². The van der Waals surface area contributed by atoms with Crippen molar-refractivity contribution in [3.63, 3.8) is 0 Å². The highest BCUT2D eigenvalue weighted by Gasteiger charge is 2.09. The second kappa shape index (κ2) is 7.06. The second-order valence-electron chi connectivity index (χ2n) is 5.64. The summed E-state index contributed by atoms with van der Waals surface area (Å²) in [6.45, 7) is 3.24. The first-order chi connectivity index (χ1) is 12.4. The Morgan fingerprint density at radius 1 is 1.19 bits per heavy atom. The number of aliphatic imine (C=N–C) groups is 1. The van der Waals surface area contributed by atoms with Gasteiger partial charge in [-0.3, -0.25) is 14.9 Å². The van der Waals surface area contributed by atoms with E-state index in [4.69, 9.17) is 10.2 Å². The number of hydrogen-bond acceptors (Lipinski definition) is 5. The highest BCUT2D eigenvalue weighted by molar-refractivity contribution is 6.05. The number of rotatable bonds is 3. The van der Waals surface area contributed by atoms with Crippen molar-refractivity contribution in [1.82, 2.24) is 10.3 Å².